The molecule has 2 aromatic carbocycles. The van der Waals surface area contributed by atoms with Gasteiger partial charge in [-0.1, -0.05) is 12.5 Å². The van der Waals surface area contributed by atoms with Crippen LogP contribution in [-0.4, -0.2) is 163 Å². The Morgan fingerprint density at radius 1 is 0.656 bits per heavy atom. The number of piperidine rings is 1. The summed E-state index contributed by atoms with van der Waals surface area (Å²) in [6, 6.07) is 6.88. The van der Waals surface area contributed by atoms with Gasteiger partial charge in [0.25, 0.3) is 23.2 Å². The third-order valence-electron chi connectivity index (χ3n) is 9.49. The van der Waals surface area contributed by atoms with Crippen molar-refractivity contribution in [2.75, 3.05) is 123 Å². The molecule has 0 saturated carbocycles. The van der Waals surface area contributed by atoms with Crippen molar-refractivity contribution in [2.45, 2.75) is 44.6 Å². The Hall–Kier alpha value is -5.53. The number of carbonyl (C=O) groups is 5. The molecule has 1 unspecified atom stereocenters. The van der Waals surface area contributed by atoms with Crippen molar-refractivity contribution in [1.82, 2.24) is 10.2 Å². The number of nitrogens with zero attached hydrogens (tertiary/aromatic N) is 3. The van der Waals surface area contributed by atoms with Crippen LogP contribution in [0, 0.1) is 20.2 Å². The van der Waals surface area contributed by atoms with Gasteiger partial charge in [0.15, 0.2) is 0 Å². The highest BCUT2D eigenvalue weighted by molar-refractivity contribution is 6.26. The second kappa shape index (κ2) is 29.0. The van der Waals surface area contributed by atoms with E-state index in [1.165, 1.54) is 24.3 Å². The van der Waals surface area contributed by atoms with E-state index in [9.17, 15) is 44.2 Å². The zero-order valence-corrected chi connectivity index (χ0v) is 35.6. The van der Waals surface area contributed by atoms with Crippen LogP contribution in [0.2, 0.25) is 0 Å². The zero-order chi connectivity index (χ0) is 45.9. The molecule has 0 aliphatic carbocycles. The third kappa shape index (κ3) is 17.6. The van der Waals surface area contributed by atoms with Crippen molar-refractivity contribution < 1.29 is 71.7 Å². The quantitative estimate of drug-likeness (QED) is 0.0388. The second-order valence-electron chi connectivity index (χ2n) is 14.1. The maximum absolute atomic E-state index is 13.2. The first kappa shape index (κ1) is 51.1. The molecule has 352 valence electrons. The van der Waals surface area contributed by atoms with E-state index in [0.29, 0.717) is 106 Å². The summed E-state index contributed by atoms with van der Waals surface area (Å²) in [4.78, 5) is 84.2. The molecular weight excluding hydrogens is 848 g/mol. The molecule has 0 bridgehead atoms. The Morgan fingerprint density at radius 2 is 1.20 bits per heavy atom. The molecule has 2 heterocycles. The fourth-order valence-electron chi connectivity index (χ4n) is 6.33. The number of nitro groups is 2. The van der Waals surface area contributed by atoms with Crippen LogP contribution in [0.4, 0.5) is 22.7 Å². The van der Waals surface area contributed by atoms with Crippen molar-refractivity contribution in [3.63, 3.8) is 0 Å². The summed E-state index contributed by atoms with van der Waals surface area (Å²) in [7, 11) is 0. The molecule has 0 spiro atoms. The van der Waals surface area contributed by atoms with Crippen LogP contribution in [0.25, 0.3) is 0 Å². The highest BCUT2D eigenvalue weighted by Gasteiger charge is 2.45. The maximum atomic E-state index is 13.2. The van der Waals surface area contributed by atoms with Gasteiger partial charge in [0.2, 0.25) is 17.7 Å². The van der Waals surface area contributed by atoms with Gasteiger partial charge in [-0.25, -0.2) is 0 Å². The van der Waals surface area contributed by atoms with Gasteiger partial charge in [0.05, 0.1) is 132 Å². The van der Waals surface area contributed by atoms with E-state index in [2.05, 4.69) is 16.0 Å². The Morgan fingerprint density at radius 3 is 1.73 bits per heavy atom. The number of nitro benzene ring substituents is 2. The lowest BCUT2D eigenvalue weighted by molar-refractivity contribution is -0.393. The van der Waals surface area contributed by atoms with Crippen molar-refractivity contribution >= 4 is 52.3 Å². The summed E-state index contributed by atoms with van der Waals surface area (Å²) in [5.74, 6) is -2.77. The lowest BCUT2D eigenvalue weighted by Gasteiger charge is -2.27. The SMILES string of the molecule is O=C1CCC(N2C(=O)c3cccc(NC(=O)CCCCCOCCOCCOCCOCCOCCOCCOCCOCCNc4ccc([N+](=O)[O-])cc4[N+](=O)[O-])c3C2=O)C(=O)N1. The highest BCUT2D eigenvalue weighted by atomic mass is 16.6. The number of unbranched alkanes of at least 4 members (excludes halogenated alkanes) is 2. The Balaban J connectivity index is 0.847. The molecule has 1 fully saturated rings. The molecule has 0 radical (unpaired) electrons. The molecule has 23 nitrogen and oxygen atoms in total. The van der Waals surface area contributed by atoms with Gasteiger partial charge >= 0.3 is 0 Å². The molecule has 23 heteroatoms. The van der Waals surface area contributed by atoms with E-state index in [0.717, 1.165) is 23.8 Å². The number of non-ortho nitro benzene ring substituents is 1. The Bertz CT molecular complexity index is 1870. The molecule has 4 rings (SSSR count). The van der Waals surface area contributed by atoms with Crippen LogP contribution in [0.15, 0.2) is 36.4 Å². The lowest BCUT2D eigenvalue weighted by Crippen LogP contribution is -2.54. The lowest BCUT2D eigenvalue weighted by atomic mass is 10.0. The molecule has 64 heavy (non-hydrogen) atoms. The minimum atomic E-state index is -1.09. The molecular formula is C41H56N6O17. The normalized spacial score (nSPS) is 14.8. The second-order valence-corrected chi connectivity index (χ2v) is 14.1. The highest BCUT2D eigenvalue weighted by Crippen LogP contribution is 2.33. The number of hydrogen-bond donors (Lipinski definition) is 3. The fraction of sp³-hybridized carbons (Fsp3) is 0.585. The number of anilines is 2. The van der Waals surface area contributed by atoms with Gasteiger partial charge in [-0.3, -0.25) is 54.4 Å². The molecule has 2 aliphatic heterocycles. The number of carbonyl (C=O) groups excluding carboxylic acids is 5. The van der Waals surface area contributed by atoms with Crippen LogP contribution in [0.3, 0.4) is 0 Å². The number of nitrogens with one attached hydrogen (secondary N) is 3. The number of hydrogen-bond acceptors (Lipinski definition) is 18. The van der Waals surface area contributed by atoms with Crippen LogP contribution in [0.1, 0.15) is 59.2 Å². The van der Waals surface area contributed by atoms with Crippen molar-refractivity contribution in [3.05, 3.63) is 67.8 Å². The summed E-state index contributed by atoms with van der Waals surface area (Å²) >= 11 is 0. The van der Waals surface area contributed by atoms with E-state index in [1.54, 1.807) is 6.07 Å². The van der Waals surface area contributed by atoms with Crippen LogP contribution >= 0.6 is 0 Å². The molecule has 5 amide bonds. The topological polar surface area (TPSA) is 285 Å². The molecule has 2 aromatic rings. The molecule has 3 N–H and O–H groups in total. The van der Waals surface area contributed by atoms with Crippen molar-refractivity contribution in [3.8, 4) is 0 Å². The standard InChI is InChI=1S/C41H56N6O17/c48-36(43-33-6-4-5-31-38(33)41(52)45(40(31)51)34-10-11-37(49)44-39(34)50)7-2-1-3-13-57-15-17-59-19-21-61-23-25-63-27-28-64-26-24-62-22-20-60-18-16-58-14-12-42-32-9-8-30(46(53)54)29-35(32)47(55)56/h4-6,8-9,29,34,42H,1-3,7,10-28H2,(H,43,48)(H,44,49,50). The maximum Gasteiger partial charge on any atom is 0.299 e. The van der Waals surface area contributed by atoms with E-state index >= 15 is 0 Å². The number of benzene rings is 2. The third-order valence-corrected chi connectivity index (χ3v) is 9.49. The monoisotopic (exact) mass is 904 g/mol. The van der Waals surface area contributed by atoms with Gasteiger partial charge in [-0.15, -0.1) is 0 Å². The fourth-order valence-corrected chi connectivity index (χ4v) is 6.33. The minimum Gasteiger partial charge on any atom is -0.379 e. The molecule has 0 aromatic heterocycles. The zero-order valence-electron chi connectivity index (χ0n) is 35.6. The first-order chi connectivity index (χ1) is 31.1. The van der Waals surface area contributed by atoms with Gasteiger partial charge < -0.3 is 48.5 Å². The largest absolute Gasteiger partial charge is 0.379 e. The smallest absolute Gasteiger partial charge is 0.299 e. The number of amides is 5. The van der Waals surface area contributed by atoms with Crippen molar-refractivity contribution in [1.29, 1.82) is 0 Å². The first-order valence-corrected chi connectivity index (χ1v) is 21.0. The summed E-state index contributed by atoms with van der Waals surface area (Å²) in [6.07, 6.45) is 2.36. The summed E-state index contributed by atoms with van der Waals surface area (Å²) < 4.78 is 43.8. The number of ether oxygens (including phenoxy) is 8. The van der Waals surface area contributed by atoms with E-state index in [-0.39, 0.29) is 72.2 Å². The van der Waals surface area contributed by atoms with Gasteiger partial charge in [-0.2, -0.15) is 0 Å². The van der Waals surface area contributed by atoms with Crippen molar-refractivity contribution in [2.24, 2.45) is 0 Å². The average molecular weight is 905 g/mol. The average Bonchev–Trinajstić information content (AvgIpc) is 3.53. The number of imide groups is 2. The summed E-state index contributed by atoms with van der Waals surface area (Å²) in [5, 5.41) is 29.7. The number of fused-ring (bicyclic) bond motifs is 1. The predicted octanol–water partition coefficient (Wildman–Crippen LogP) is 2.65. The number of rotatable bonds is 35. The Labute approximate surface area is 368 Å². The van der Waals surface area contributed by atoms with Gasteiger partial charge in [0.1, 0.15) is 11.7 Å². The molecule has 2 aliphatic rings. The van der Waals surface area contributed by atoms with Gasteiger partial charge in [0, 0.05) is 32.1 Å². The summed E-state index contributed by atoms with van der Waals surface area (Å²) in [6.45, 7) is 6.64. The predicted molar refractivity (Wildman–Crippen MR) is 225 cm³/mol. The van der Waals surface area contributed by atoms with Crippen LogP contribution < -0.4 is 16.0 Å². The van der Waals surface area contributed by atoms with Crippen LogP contribution in [-0.2, 0) is 52.3 Å². The van der Waals surface area contributed by atoms with Gasteiger partial charge in [-0.05, 0) is 37.5 Å². The first-order valence-electron chi connectivity index (χ1n) is 21.0. The van der Waals surface area contributed by atoms with E-state index in [4.69, 9.17) is 37.9 Å². The minimum absolute atomic E-state index is 0.0177. The molecule has 1 saturated heterocycles. The van der Waals surface area contributed by atoms with E-state index < -0.39 is 39.5 Å². The Kier molecular flexibility index (Phi) is 23.2. The summed E-state index contributed by atoms with van der Waals surface area (Å²) in [5.41, 5.74) is -0.223. The van der Waals surface area contributed by atoms with Crippen LogP contribution in [0.5, 0.6) is 0 Å². The van der Waals surface area contributed by atoms with E-state index in [1.807, 2.05) is 0 Å². The molecule has 1 atom stereocenters.